The summed E-state index contributed by atoms with van der Waals surface area (Å²) in [5.74, 6) is -1.43. The van der Waals surface area contributed by atoms with Crippen LogP contribution in [0.5, 0.6) is 5.75 Å². The van der Waals surface area contributed by atoms with E-state index in [2.05, 4.69) is 38.9 Å². The van der Waals surface area contributed by atoms with Gasteiger partial charge in [-0.25, -0.2) is 4.79 Å². The summed E-state index contributed by atoms with van der Waals surface area (Å²) in [6, 6.07) is 28.7. The third-order valence-electron chi connectivity index (χ3n) is 5.24. The zero-order valence-corrected chi connectivity index (χ0v) is 19.8. The van der Waals surface area contributed by atoms with Crippen LogP contribution in [0.2, 0.25) is 0 Å². The number of rotatable bonds is 7. The minimum absolute atomic E-state index is 0.180. The maximum Gasteiger partial charge on any atom is 0.339 e. The molecule has 0 heterocycles. The Morgan fingerprint density at radius 3 is 2.33 bits per heavy atom. The Labute approximate surface area is 205 Å². The SMILES string of the molecule is O=C(O)c1cc(N=Nc2ccccc2-c2cccc(I)c2)cc(CCc2ccccc2)c1O. The van der Waals surface area contributed by atoms with Crippen LogP contribution >= 0.6 is 22.6 Å². The number of carboxylic acid groups (broad SMARTS) is 1. The highest BCUT2D eigenvalue weighted by atomic mass is 127. The zero-order chi connectivity index (χ0) is 23.2. The fourth-order valence-electron chi connectivity index (χ4n) is 3.59. The quantitative estimate of drug-likeness (QED) is 0.185. The number of nitrogens with zero attached hydrogens (tertiary/aromatic N) is 2. The molecule has 4 aromatic rings. The molecule has 0 aliphatic carbocycles. The molecule has 0 saturated carbocycles. The molecule has 0 radical (unpaired) electrons. The van der Waals surface area contributed by atoms with Crippen molar-refractivity contribution in [2.75, 3.05) is 0 Å². The number of carbonyl (C=O) groups is 1. The number of halogens is 1. The number of hydrogen-bond donors (Lipinski definition) is 2. The molecule has 0 atom stereocenters. The third kappa shape index (κ3) is 5.64. The molecule has 6 heteroatoms. The lowest BCUT2D eigenvalue weighted by Gasteiger charge is -2.09. The number of benzene rings is 4. The van der Waals surface area contributed by atoms with E-state index in [1.807, 2.05) is 72.8 Å². The van der Waals surface area contributed by atoms with Gasteiger partial charge in [0.05, 0.1) is 11.4 Å². The van der Waals surface area contributed by atoms with Crippen LogP contribution in [-0.2, 0) is 12.8 Å². The first kappa shape index (κ1) is 22.7. The van der Waals surface area contributed by atoms with Gasteiger partial charge in [0.1, 0.15) is 11.3 Å². The molecule has 2 N–H and O–H groups in total. The van der Waals surface area contributed by atoms with Gasteiger partial charge in [0.2, 0.25) is 0 Å². The standard InChI is InChI=1S/C27H21IN2O3/c28-21-10-6-9-19(15-21)23-11-4-5-12-25(23)30-29-22-16-20(26(31)24(17-22)27(32)33)14-13-18-7-2-1-3-8-18/h1-12,15-17,31H,13-14H2,(H,32,33). The number of azo groups is 1. The molecule has 0 spiro atoms. The Hall–Kier alpha value is -3.52. The summed E-state index contributed by atoms with van der Waals surface area (Å²) in [7, 11) is 0. The smallest absolute Gasteiger partial charge is 0.339 e. The van der Waals surface area contributed by atoms with Crippen LogP contribution in [0.4, 0.5) is 11.4 Å². The average molecular weight is 548 g/mol. The number of aryl methyl sites for hydroxylation is 2. The molecule has 0 bridgehead atoms. The second-order valence-electron chi connectivity index (χ2n) is 7.52. The maximum absolute atomic E-state index is 11.7. The molecule has 0 aliphatic rings. The molecular formula is C27H21IN2O3. The molecule has 33 heavy (non-hydrogen) atoms. The monoisotopic (exact) mass is 548 g/mol. The second-order valence-corrected chi connectivity index (χ2v) is 8.76. The topological polar surface area (TPSA) is 82.2 Å². The predicted molar refractivity (Wildman–Crippen MR) is 138 cm³/mol. The van der Waals surface area contributed by atoms with Crippen molar-refractivity contribution in [1.82, 2.24) is 0 Å². The molecule has 0 amide bonds. The summed E-state index contributed by atoms with van der Waals surface area (Å²) in [6.07, 6.45) is 1.15. The van der Waals surface area contributed by atoms with Crippen LogP contribution in [0, 0.1) is 3.57 Å². The van der Waals surface area contributed by atoms with E-state index in [0.717, 1.165) is 20.3 Å². The van der Waals surface area contributed by atoms with Gasteiger partial charge in [-0.05, 0) is 82.5 Å². The van der Waals surface area contributed by atoms with E-state index in [9.17, 15) is 15.0 Å². The molecule has 0 unspecified atom stereocenters. The average Bonchev–Trinajstić information content (AvgIpc) is 2.83. The van der Waals surface area contributed by atoms with Gasteiger partial charge < -0.3 is 10.2 Å². The summed E-state index contributed by atoms with van der Waals surface area (Å²) < 4.78 is 1.12. The predicted octanol–water partition coefficient (Wildman–Crippen LogP) is 7.56. The van der Waals surface area contributed by atoms with E-state index in [-0.39, 0.29) is 11.3 Å². The van der Waals surface area contributed by atoms with Crippen LogP contribution in [0.3, 0.4) is 0 Å². The van der Waals surface area contributed by atoms with E-state index in [1.54, 1.807) is 6.07 Å². The molecule has 0 aromatic heterocycles. The van der Waals surface area contributed by atoms with E-state index in [1.165, 1.54) is 6.07 Å². The highest BCUT2D eigenvalue weighted by molar-refractivity contribution is 14.1. The molecular weight excluding hydrogens is 527 g/mol. The number of carboxylic acids is 1. The van der Waals surface area contributed by atoms with Gasteiger partial charge in [-0.1, -0.05) is 60.7 Å². The van der Waals surface area contributed by atoms with Gasteiger partial charge in [0, 0.05) is 9.13 Å². The van der Waals surface area contributed by atoms with E-state index >= 15 is 0 Å². The van der Waals surface area contributed by atoms with Gasteiger partial charge in [-0.15, -0.1) is 5.11 Å². The van der Waals surface area contributed by atoms with Crippen molar-refractivity contribution >= 4 is 39.9 Å². The van der Waals surface area contributed by atoms with Gasteiger partial charge in [0.15, 0.2) is 0 Å². The first-order chi connectivity index (χ1) is 16.0. The molecule has 164 valence electrons. The van der Waals surface area contributed by atoms with E-state index in [0.29, 0.717) is 29.8 Å². The minimum atomic E-state index is -1.20. The highest BCUT2D eigenvalue weighted by Gasteiger charge is 2.16. The number of phenols is 1. The zero-order valence-electron chi connectivity index (χ0n) is 17.6. The van der Waals surface area contributed by atoms with Crippen LogP contribution < -0.4 is 0 Å². The molecule has 0 fully saturated rings. The van der Waals surface area contributed by atoms with Crippen molar-refractivity contribution in [2.24, 2.45) is 10.2 Å². The summed E-state index contributed by atoms with van der Waals surface area (Å²) in [4.78, 5) is 11.7. The summed E-state index contributed by atoms with van der Waals surface area (Å²) in [5, 5.41) is 28.8. The minimum Gasteiger partial charge on any atom is -0.507 e. The van der Waals surface area contributed by atoms with E-state index in [4.69, 9.17) is 0 Å². The molecule has 4 aromatic carbocycles. The second kappa shape index (κ2) is 10.4. The van der Waals surface area contributed by atoms with Crippen molar-refractivity contribution in [1.29, 1.82) is 0 Å². The number of aromatic hydroxyl groups is 1. The maximum atomic E-state index is 11.7. The lowest BCUT2D eigenvalue weighted by Crippen LogP contribution is -2.00. The normalized spacial score (nSPS) is 11.1. The summed E-state index contributed by atoms with van der Waals surface area (Å²) in [6.45, 7) is 0. The highest BCUT2D eigenvalue weighted by Crippen LogP contribution is 2.34. The van der Waals surface area contributed by atoms with Crippen molar-refractivity contribution in [3.63, 3.8) is 0 Å². The van der Waals surface area contributed by atoms with Crippen LogP contribution in [0.15, 0.2) is 101 Å². The lowest BCUT2D eigenvalue weighted by atomic mass is 10.0. The van der Waals surface area contributed by atoms with Crippen molar-refractivity contribution in [2.45, 2.75) is 12.8 Å². The Balaban J connectivity index is 1.67. The third-order valence-corrected chi connectivity index (χ3v) is 5.91. The van der Waals surface area contributed by atoms with Crippen molar-refractivity contribution in [3.8, 4) is 16.9 Å². The lowest BCUT2D eigenvalue weighted by molar-refractivity contribution is 0.0693. The molecule has 5 nitrogen and oxygen atoms in total. The van der Waals surface area contributed by atoms with Crippen LogP contribution in [-0.4, -0.2) is 16.2 Å². The van der Waals surface area contributed by atoms with Crippen molar-refractivity contribution < 1.29 is 15.0 Å². The van der Waals surface area contributed by atoms with Gasteiger partial charge >= 0.3 is 5.97 Å². The Morgan fingerprint density at radius 1 is 0.818 bits per heavy atom. The van der Waals surface area contributed by atoms with Crippen molar-refractivity contribution in [3.05, 3.63) is 111 Å². The van der Waals surface area contributed by atoms with Gasteiger partial charge in [-0.2, -0.15) is 5.11 Å². The largest absolute Gasteiger partial charge is 0.507 e. The molecule has 4 rings (SSSR count). The summed E-state index contributed by atoms with van der Waals surface area (Å²) in [5.41, 5.74) is 4.46. The van der Waals surface area contributed by atoms with Crippen LogP contribution in [0.25, 0.3) is 11.1 Å². The number of hydrogen-bond acceptors (Lipinski definition) is 4. The molecule has 0 saturated heterocycles. The van der Waals surface area contributed by atoms with Gasteiger partial charge in [-0.3, -0.25) is 0 Å². The van der Waals surface area contributed by atoms with Crippen LogP contribution in [0.1, 0.15) is 21.5 Å². The van der Waals surface area contributed by atoms with Gasteiger partial charge in [0.25, 0.3) is 0 Å². The first-order valence-electron chi connectivity index (χ1n) is 10.4. The Morgan fingerprint density at radius 2 is 1.58 bits per heavy atom. The first-order valence-corrected chi connectivity index (χ1v) is 11.5. The fraction of sp³-hybridized carbons (Fsp3) is 0.0741. The summed E-state index contributed by atoms with van der Waals surface area (Å²) >= 11 is 2.27. The molecule has 0 aliphatic heterocycles. The fourth-order valence-corrected chi connectivity index (χ4v) is 4.13. The van der Waals surface area contributed by atoms with E-state index < -0.39 is 5.97 Å². The Bertz CT molecular complexity index is 1320. The number of aromatic carboxylic acids is 1. The Kier molecular flexibility index (Phi) is 7.14.